The number of hydrogen-bond donors (Lipinski definition) is 3. The summed E-state index contributed by atoms with van der Waals surface area (Å²) in [5.74, 6) is -0.679. The fourth-order valence-corrected chi connectivity index (χ4v) is 3.23. The molecule has 0 aromatic carbocycles. The molecule has 0 saturated carbocycles. The molecular formula is C18H25N5O7. The van der Waals surface area contributed by atoms with E-state index in [1.165, 1.54) is 24.7 Å². The second-order valence-electron chi connectivity index (χ2n) is 7.41. The Morgan fingerprint density at radius 3 is 2.57 bits per heavy atom. The number of hydrogen-bond acceptors (Lipinski definition) is 10. The van der Waals surface area contributed by atoms with Gasteiger partial charge in [0.1, 0.15) is 6.10 Å². The second kappa shape index (κ2) is 8.79. The van der Waals surface area contributed by atoms with Crippen molar-refractivity contribution in [2.75, 3.05) is 18.5 Å². The lowest BCUT2D eigenvalue weighted by Crippen LogP contribution is -2.40. The number of carbonyl (C=O) groups excluding carboxylic acids is 2. The molecule has 0 amide bonds. The third-order valence-corrected chi connectivity index (χ3v) is 4.45. The van der Waals surface area contributed by atoms with Crippen molar-refractivity contribution >= 4 is 29.1 Å². The smallest absolute Gasteiger partial charge is 0.303 e. The average Bonchev–Trinajstić information content (AvgIpc) is 3.21. The molecule has 3 heterocycles. The molecule has 0 spiro atoms. The molecule has 3 rings (SSSR count). The quantitative estimate of drug-likeness (QED) is 0.515. The van der Waals surface area contributed by atoms with Gasteiger partial charge in [0.15, 0.2) is 29.6 Å². The molecule has 164 valence electrons. The molecule has 3 N–H and O–H groups in total. The zero-order valence-electron chi connectivity index (χ0n) is 17.1. The first-order valence-electron chi connectivity index (χ1n) is 9.52. The van der Waals surface area contributed by atoms with Crippen molar-refractivity contribution in [3.05, 3.63) is 16.7 Å². The largest absolute Gasteiger partial charge is 0.456 e. The molecule has 2 aromatic rings. The summed E-state index contributed by atoms with van der Waals surface area (Å²) < 4.78 is 17.8. The average molecular weight is 423 g/mol. The van der Waals surface area contributed by atoms with Crippen molar-refractivity contribution in [3.63, 3.8) is 0 Å². The summed E-state index contributed by atoms with van der Waals surface area (Å²) in [4.78, 5) is 46.7. The van der Waals surface area contributed by atoms with Gasteiger partial charge in [-0.25, -0.2) is 4.98 Å². The Morgan fingerprint density at radius 1 is 1.30 bits per heavy atom. The fraction of sp³-hybridized carbons (Fsp3) is 0.611. The Morgan fingerprint density at radius 2 is 1.97 bits per heavy atom. The Balaban J connectivity index is 2.04. The molecule has 30 heavy (non-hydrogen) atoms. The highest BCUT2D eigenvalue weighted by molar-refractivity contribution is 5.71. The molecule has 1 fully saturated rings. The minimum Gasteiger partial charge on any atom is -0.456 e. The van der Waals surface area contributed by atoms with E-state index in [-0.39, 0.29) is 17.1 Å². The number of fused-ring (bicyclic) bond motifs is 1. The zero-order valence-corrected chi connectivity index (χ0v) is 17.1. The number of anilines is 1. The number of H-pyrrole nitrogens is 1. The molecular weight excluding hydrogens is 398 g/mol. The predicted octanol–water partition coefficient (Wildman–Crippen LogP) is -0.0594. The highest BCUT2D eigenvalue weighted by atomic mass is 16.6. The monoisotopic (exact) mass is 423 g/mol. The summed E-state index contributed by atoms with van der Waals surface area (Å²) in [6.07, 6.45) is -2.76. The lowest BCUT2D eigenvalue weighted by atomic mass is 10.1. The molecule has 4 atom stereocenters. The minimum atomic E-state index is -1.07. The topological polar surface area (TPSA) is 158 Å². The normalized spacial score (nSPS) is 23.7. The molecule has 2 aromatic heterocycles. The van der Waals surface area contributed by atoms with Crippen LogP contribution in [-0.4, -0.2) is 68.0 Å². The first kappa shape index (κ1) is 21.7. The molecule has 1 aliphatic heterocycles. The predicted molar refractivity (Wildman–Crippen MR) is 104 cm³/mol. The van der Waals surface area contributed by atoms with Crippen molar-refractivity contribution in [2.24, 2.45) is 5.92 Å². The summed E-state index contributed by atoms with van der Waals surface area (Å²) in [6.45, 7) is 6.53. The van der Waals surface area contributed by atoms with Crippen LogP contribution >= 0.6 is 0 Å². The molecule has 1 aliphatic rings. The van der Waals surface area contributed by atoms with E-state index in [2.05, 4.69) is 20.3 Å². The maximum absolute atomic E-state index is 12.4. The van der Waals surface area contributed by atoms with Crippen molar-refractivity contribution in [1.29, 1.82) is 0 Å². The van der Waals surface area contributed by atoms with Gasteiger partial charge in [-0.3, -0.25) is 23.9 Å². The Bertz CT molecular complexity index is 985. The van der Waals surface area contributed by atoms with Crippen LogP contribution in [0.5, 0.6) is 0 Å². The summed E-state index contributed by atoms with van der Waals surface area (Å²) in [7, 11) is 0. The third kappa shape index (κ3) is 4.44. The maximum atomic E-state index is 12.4. The van der Waals surface area contributed by atoms with Crippen LogP contribution in [0, 0.1) is 5.92 Å². The van der Waals surface area contributed by atoms with Crippen LogP contribution in [0.1, 0.15) is 33.9 Å². The maximum Gasteiger partial charge on any atom is 0.303 e. The molecule has 0 radical (unpaired) electrons. The van der Waals surface area contributed by atoms with Gasteiger partial charge in [-0.05, 0) is 5.92 Å². The van der Waals surface area contributed by atoms with Crippen LogP contribution in [0.2, 0.25) is 0 Å². The van der Waals surface area contributed by atoms with E-state index in [4.69, 9.17) is 14.2 Å². The number of aromatic amines is 1. The van der Waals surface area contributed by atoms with Gasteiger partial charge in [0.2, 0.25) is 5.95 Å². The zero-order chi connectivity index (χ0) is 22.0. The van der Waals surface area contributed by atoms with Gasteiger partial charge >= 0.3 is 11.9 Å². The van der Waals surface area contributed by atoms with Gasteiger partial charge in [0.05, 0.1) is 12.9 Å². The van der Waals surface area contributed by atoms with E-state index >= 15 is 0 Å². The Kier molecular flexibility index (Phi) is 6.37. The lowest BCUT2D eigenvalue weighted by molar-refractivity contribution is -0.165. The van der Waals surface area contributed by atoms with Crippen LogP contribution in [0.4, 0.5) is 5.95 Å². The number of rotatable bonds is 7. The number of nitrogens with one attached hydrogen (secondary N) is 2. The second-order valence-corrected chi connectivity index (χ2v) is 7.41. The van der Waals surface area contributed by atoms with E-state index in [0.717, 1.165) is 0 Å². The van der Waals surface area contributed by atoms with Crippen LogP contribution in [0.15, 0.2) is 11.1 Å². The number of carbonyl (C=O) groups is 2. The molecule has 0 bridgehead atoms. The summed E-state index contributed by atoms with van der Waals surface area (Å²) in [6, 6.07) is 0. The van der Waals surface area contributed by atoms with E-state index < -0.39 is 48.6 Å². The first-order chi connectivity index (χ1) is 14.2. The van der Waals surface area contributed by atoms with Crippen molar-refractivity contribution < 1.29 is 28.9 Å². The van der Waals surface area contributed by atoms with E-state index in [1.807, 2.05) is 13.8 Å². The van der Waals surface area contributed by atoms with Crippen LogP contribution in [0.3, 0.4) is 0 Å². The number of aliphatic hydroxyl groups excluding tert-OH is 1. The summed E-state index contributed by atoms with van der Waals surface area (Å²) in [5.41, 5.74) is -0.207. The highest BCUT2D eigenvalue weighted by Crippen LogP contribution is 2.35. The summed E-state index contributed by atoms with van der Waals surface area (Å²) in [5, 5.41) is 12.7. The van der Waals surface area contributed by atoms with Crippen molar-refractivity contribution in [3.8, 4) is 0 Å². The molecule has 12 heteroatoms. The lowest BCUT2D eigenvalue weighted by Gasteiger charge is -2.23. The number of aromatic nitrogens is 4. The van der Waals surface area contributed by atoms with E-state index in [1.54, 1.807) is 0 Å². The van der Waals surface area contributed by atoms with Gasteiger partial charge < -0.3 is 24.6 Å². The first-order valence-corrected chi connectivity index (χ1v) is 9.52. The van der Waals surface area contributed by atoms with Gasteiger partial charge in [-0.2, -0.15) is 4.98 Å². The number of esters is 2. The van der Waals surface area contributed by atoms with Gasteiger partial charge in [0.25, 0.3) is 5.56 Å². The van der Waals surface area contributed by atoms with Crippen LogP contribution in [-0.2, 0) is 23.8 Å². The van der Waals surface area contributed by atoms with E-state index in [9.17, 15) is 19.5 Å². The number of imidazole rings is 1. The van der Waals surface area contributed by atoms with E-state index in [0.29, 0.717) is 12.5 Å². The van der Waals surface area contributed by atoms with Crippen LogP contribution in [0.25, 0.3) is 11.2 Å². The number of nitrogens with zero attached hydrogens (tertiary/aromatic N) is 3. The summed E-state index contributed by atoms with van der Waals surface area (Å²) >= 11 is 0. The number of ether oxygens (including phenoxy) is 3. The van der Waals surface area contributed by atoms with Crippen LogP contribution < -0.4 is 10.9 Å². The van der Waals surface area contributed by atoms with Gasteiger partial charge in [0, 0.05) is 20.4 Å². The Hall–Kier alpha value is -2.99. The third-order valence-electron chi connectivity index (χ3n) is 4.45. The molecule has 1 saturated heterocycles. The standard InChI is InChI=1S/C18H25N5O7/c1-8(2)5-19-18-21-15-12(16(27)22-18)20-7-23(15)17-14(29-10(4)26)13(28-9(3)25)11(6-24)30-17/h7-8,11,13-14,17,24H,5-6H2,1-4H3,(H2,19,21,22,27)/t11-,13-,14+,17+/m1/s1. The van der Waals surface area contributed by atoms with Gasteiger partial charge in [-0.1, -0.05) is 13.8 Å². The molecule has 0 aliphatic carbocycles. The van der Waals surface area contributed by atoms with Crippen molar-refractivity contribution in [2.45, 2.75) is 52.2 Å². The van der Waals surface area contributed by atoms with Gasteiger partial charge in [-0.15, -0.1) is 0 Å². The van der Waals surface area contributed by atoms with Crippen molar-refractivity contribution in [1.82, 2.24) is 19.5 Å². The highest BCUT2D eigenvalue weighted by Gasteiger charge is 2.50. The molecule has 12 nitrogen and oxygen atoms in total. The molecule has 0 unspecified atom stereocenters. The minimum absolute atomic E-state index is 0.0618. The number of aliphatic hydroxyl groups is 1. The fourth-order valence-electron chi connectivity index (χ4n) is 3.23. The Labute approximate surface area is 171 Å². The SMILES string of the molecule is CC(=O)O[C@H]1[C@H](OC(C)=O)[C@@H](n2cnc3c(=O)[nH]c(NCC(C)C)nc32)O[C@@H]1CO.